The van der Waals surface area contributed by atoms with E-state index in [4.69, 9.17) is 13.3 Å². The van der Waals surface area contributed by atoms with Crippen molar-refractivity contribution in [3.63, 3.8) is 0 Å². The highest BCUT2D eigenvalue weighted by molar-refractivity contribution is 7.80. The molecule has 0 rings (SSSR count). The van der Waals surface area contributed by atoms with E-state index in [1.54, 1.807) is 14.2 Å². The number of hydrogen-bond acceptors (Lipinski definition) is 4. The van der Waals surface area contributed by atoms with Crippen molar-refractivity contribution in [1.29, 1.82) is 0 Å². The number of rotatable bonds is 6. The third kappa shape index (κ3) is 5.25. The predicted octanol–water partition coefficient (Wildman–Crippen LogP) is 0.601. The second-order valence-corrected chi connectivity index (χ2v) is 3.64. The normalized spacial score (nSPS) is 10.8. The molecule has 0 saturated heterocycles. The maximum Gasteiger partial charge on any atom is 0.577 e. The van der Waals surface area contributed by atoms with Crippen molar-refractivity contribution in [3.05, 3.63) is 0 Å². The molecular formula is C5H13O3SSi. The van der Waals surface area contributed by atoms with Gasteiger partial charge < -0.3 is 13.3 Å². The van der Waals surface area contributed by atoms with Gasteiger partial charge in [0.25, 0.3) is 0 Å². The van der Waals surface area contributed by atoms with Crippen LogP contribution in [0.4, 0.5) is 0 Å². The Balaban J connectivity index is 3.09. The monoisotopic (exact) mass is 181 g/mol. The van der Waals surface area contributed by atoms with Gasteiger partial charge in [-0.2, -0.15) is 12.6 Å². The summed E-state index contributed by atoms with van der Waals surface area (Å²) in [7, 11) is 1.73. The molecule has 0 aromatic rings. The fourth-order valence-electron chi connectivity index (χ4n) is 0.421. The highest BCUT2D eigenvalue weighted by Crippen LogP contribution is 1.91. The summed E-state index contributed by atoms with van der Waals surface area (Å²) in [5, 5.41) is 0. The zero-order valence-electron chi connectivity index (χ0n) is 6.29. The van der Waals surface area contributed by atoms with E-state index in [-0.39, 0.29) is 0 Å². The van der Waals surface area contributed by atoms with Crippen molar-refractivity contribution >= 4 is 22.2 Å². The zero-order valence-corrected chi connectivity index (χ0v) is 8.19. The average molecular weight is 181 g/mol. The lowest BCUT2D eigenvalue weighted by molar-refractivity contribution is 0.136. The highest BCUT2D eigenvalue weighted by Gasteiger charge is 2.13. The largest absolute Gasteiger partial charge is 0.577 e. The molecule has 0 unspecified atom stereocenters. The van der Waals surface area contributed by atoms with Crippen LogP contribution in [0.25, 0.3) is 0 Å². The van der Waals surface area contributed by atoms with E-state index < -0.39 is 9.53 Å². The minimum atomic E-state index is -1.43. The van der Waals surface area contributed by atoms with Gasteiger partial charge >= 0.3 is 9.53 Å². The number of thiol groups is 1. The third-order valence-corrected chi connectivity index (χ3v) is 2.28. The molecule has 0 atom stereocenters. The Labute approximate surface area is 69.0 Å². The molecule has 5 heteroatoms. The lowest BCUT2D eigenvalue weighted by Gasteiger charge is -2.07. The van der Waals surface area contributed by atoms with Crippen LogP contribution in [0.3, 0.4) is 0 Å². The molecular weight excluding hydrogens is 168 g/mol. The van der Waals surface area contributed by atoms with Gasteiger partial charge in [-0.15, -0.1) is 0 Å². The van der Waals surface area contributed by atoms with Crippen LogP contribution in [0.5, 0.6) is 0 Å². The van der Waals surface area contributed by atoms with Gasteiger partial charge in [0, 0.05) is 20.8 Å². The molecule has 0 aromatic heterocycles. The van der Waals surface area contributed by atoms with Crippen molar-refractivity contribution < 1.29 is 13.3 Å². The van der Waals surface area contributed by atoms with Crippen LogP contribution in [0.2, 0.25) is 0 Å². The Morgan fingerprint density at radius 3 is 2.30 bits per heavy atom. The van der Waals surface area contributed by atoms with Gasteiger partial charge in [-0.25, -0.2) is 0 Å². The molecule has 61 valence electrons. The second-order valence-electron chi connectivity index (χ2n) is 1.58. The molecule has 0 aromatic carbocycles. The summed E-state index contributed by atoms with van der Waals surface area (Å²) >= 11 is 4.03. The molecule has 0 bridgehead atoms. The summed E-state index contributed by atoms with van der Waals surface area (Å²) in [6.07, 6.45) is 0.935. The van der Waals surface area contributed by atoms with Gasteiger partial charge in [-0.3, -0.25) is 0 Å². The fraction of sp³-hybridized carbons (Fsp3) is 1.00. The summed E-state index contributed by atoms with van der Waals surface area (Å²) in [6, 6.07) is 0. The lowest BCUT2D eigenvalue weighted by atomic mass is 10.5. The van der Waals surface area contributed by atoms with Crippen LogP contribution in [-0.2, 0) is 13.3 Å². The standard InChI is InChI=1S/C5H13O3SSi/c1-6-10(7-2)8-4-3-5-9/h9H,3-5H2,1-2H3. The first-order chi connectivity index (χ1) is 4.85. The van der Waals surface area contributed by atoms with E-state index in [2.05, 4.69) is 12.6 Å². The van der Waals surface area contributed by atoms with E-state index in [9.17, 15) is 0 Å². The molecule has 0 aliphatic rings. The Kier molecular flexibility index (Phi) is 7.89. The van der Waals surface area contributed by atoms with Crippen molar-refractivity contribution in [3.8, 4) is 0 Å². The van der Waals surface area contributed by atoms with Crippen LogP contribution < -0.4 is 0 Å². The van der Waals surface area contributed by atoms with Crippen molar-refractivity contribution in [2.24, 2.45) is 0 Å². The van der Waals surface area contributed by atoms with Gasteiger partial charge in [-0.05, 0) is 12.2 Å². The molecule has 10 heavy (non-hydrogen) atoms. The quantitative estimate of drug-likeness (QED) is 0.369. The molecule has 0 aliphatic heterocycles. The van der Waals surface area contributed by atoms with Crippen molar-refractivity contribution in [2.75, 3.05) is 26.6 Å². The summed E-state index contributed by atoms with van der Waals surface area (Å²) in [6.45, 7) is 0.666. The van der Waals surface area contributed by atoms with Crippen LogP contribution in [0.1, 0.15) is 6.42 Å². The maximum absolute atomic E-state index is 5.19. The molecule has 0 aliphatic carbocycles. The topological polar surface area (TPSA) is 27.7 Å². The Bertz CT molecular complexity index is 69.9. The van der Waals surface area contributed by atoms with Gasteiger partial charge in [0.15, 0.2) is 0 Å². The van der Waals surface area contributed by atoms with Crippen LogP contribution in [0.15, 0.2) is 0 Å². The average Bonchev–Trinajstić information content (AvgIpc) is 1.99. The molecule has 0 saturated carbocycles. The SMILES string of the molecule is CO[Si](OC)OCCCS. The highest BCUT2D eigenvalue weighted by atomic mass is 32.1. The van der Waals surface area contributed by atoms with E-state index in [0.717, 1.165) is 12.2 Å². The maximum atomic E-state index is 5.19. The smallest absolute Gasteiger partial charge is 0.375 e. The minimum Gasteiger partial charge on any atom is -0.375 e. The Hall–Kier alpha value is 0.447. The van der Waals surface area contributed by atoms with Crippen LogP contribution in [-0.4, -0.2) is 36.1 Å². The molecule has 0 N–H and O–H groups in total. The Morgan fingerprint density at radius 1 is 1.30 bits per heavy atom. The minimum absolute atomic E-state index is 0.666. The summed E-state index contributed by atoms with van der Waals surface area (Å²) < 4.78 is 14.9. The lowest BCUT2D eigenvalue weighted by Crippen LogP contribution is -2.24. The van der Waals surface area contributed by atoms with Gasteiger partial charge in [0.1, 0.15) is 0 Å². The van der Waals surface area contributed by atoms with Gasteiger partial charge in [0.2, 0.25) is 0 Å². The summed E-state index contributed by atoms with van der Waals surface area (Å²) in [4.78, 5) is 0. The van der Waals surface area contributed by atoms with E-state index in [1.807, 2.05) is 0 Å². The zero-order chi connectivity index (χ0) is 7.82. The van der Waals surface area contributed by atoms with Crippen molar-refractivity contribution in [2.45, 2.75) is 6.42 Å². The summed E-state index contributed by atoms with van der Waals surface area (Å²) in [5.41, 5.74) is 0. The first-order valence-electron chi connectivity index (χ1n) is 3.03. The van der Waals surface area contributed by atoms with E-state index >= 15 is 0 Å². The Morgan fingerprint density at radius 2 is 1.90 bits per heavy atom. The van der Waals surface area contributed by atoms with Crippen LogP contribution >= 0.6 is 12.6 Å². The first kappa shape index (κ1) is 10.4. The summed E-state index contributed by atoms with van der Waals surface area (Å²) in [5.74, 6) is 0.836. The molecule has 0 fully saturated rings. The molecule has 0 amide bonds. The van der Waals surface area contributed by atoms with Gasteiger partial charge in [0.05, 0.1) is 0 Å². The first-order valence-corrected chi connectivity index (χ1v) is 4.89. The van der Waals surface area contributed by atoms with E-state index in [1.165, 1.54) is 0 Å². The fourth-order valence-corrected chi connectivity index (χ4v) is 1.26. The third-order valence-electron chi connectivity index (χ3n) is 0.856. The second kappa shape index (κ2) is 7.55. The molecule has 0 spiro atoms. The van der Waals surface area contributed by atoms with Gasteiger partial charge in [-0.1, -0.05) is 0 Å². The molecule has 0 heterocycles. The number of hydrogen-bond donors (Lipinski definition) is 1. The van der Waals surface area contributed by atoms with Crippen molar-refractivity contribution in [1.82, 2.24) is 0 Å². The molecule has 3 nitrogen and oxygen atoms in total. The molecule has 1 radical (unpaired) electrons. The van der Waals surface area contributed by atoms with Crippen LogP contribution in [0, 0.1) is 0 Å². The van der Waals surface area contributed by atoms with E-state index in [0.29, 0.717) is 6.61 Å². The predicted molar refractivity (Wildman–Crippen MR) is 44.2 cm³/mol.